The first-order valence-electron chi connectivity index (χ1n) is 6.98. The van der Waals surface area contributed by atoms with Gasteiger partial charge in [0, 0.05) is 11.8 Å². The normalized spacial score (nSPS) is 30.6. The van der Waals surface area contributed by atoms with Crippen molar-refractivity contribution in [2.45, 2.75) is 45.1 Å². The van der Waals surface area contributed by atoms with Crippen molar-refractivity contribution in [3.8, 4) is 0 Å². The lowest BCUT2D eigenvalue weighted by Crippen LogP contribution is -2.27. The topological polar surface area (TPSA) is 93.5 Å². The van der Waals surface area contributed by atoms with E-state index < -0.39 is 4.92 Å². The molecule has 2 bridgehead atoms. The zero-order valence-electron chi connectivity index (χ0n) is 11.6. The number of nitrogens with zero attached hydrogens (tertiary/aromatic N) is 4. The molecule has 1 aromatic rings. The molecule has 2 aliphatic rings. The second kappa shape index (κ2) is 4.57. The van der Waals surface area contributed by atoms with Crippen LogP contribution >= 0.6 is 0 Å². The third kappa shape index (κ3) is 1.80. The summed E-state index contributed by atoms with van der Waals surface area (Å²) < 4.78 is 1.86. The van der Waals surface area contributed by atoms with Crippen LogP contribution in [0.15, 0.2) is 11.4 Å². The fourth-order valence-corrected chi connectivity index (χ4v) is 3.70. The number of rotatable bonds is 3. The molecule has 1 N–H and O–H groups in total. The molecule has 7 nitrogen and oxygen atoms in total. The van der Waals surface area contributed by atoms with Crippen molar-refractivity contribution in [2.75, 3.05) is 0 Å². The highest BCUT2D eigenvalue weighted by Gasteiger charge is 2.48. The van der Waals surface area contributed by atoms with Gasteiger partial charge in [0.2, 0.25) is 5.82 Å². The summed E-state index contributed by atoms with van der Waals surface area (Å²) in [4.78, 5) is 14.6. The van der Waals surface area contributed by atoms with Crippen molar-refractivity contribution >= 4 is 11.5 Å². The van der Waals surface area contributed by atoms with E-state index in [-0.39, 0.29) is 17.8 Å². The number of fused-ring (bicyclic) bond motifs is 2. The molecule has 0 aliphatic heterocycles. The van der Waals surface area contributed by atoms with Gasteiger partial charge in [-0.1, -0.05) is 19.0 Å². The van der Waals surface area contributed by atoms with E-state index in [1.807, 2.05) is 18.4 Å². The zero-order valence-corrected chi connectivity index (χ0v) is 11.6. The van der Waals surface area contributed by atoms with E-state index in [9.17, 15) is 15.3 Å². The number of oxime groups is 1. The highest BCUT2D eigenvalue weighted by atomic mass is 16.6. The summed E-state index contributed by atoms with van der Waals surface area (Å²) in [6.45, 7) is 3.93. The minimum Gasteiger partial charge on any atom is -0.411 e. The Kier molecular flexibility index (Phi) is 2.99. The molecule has 0 unspecified atom stereocenters. The molecule has 2 fully saturated rings. The van der Waals surface area contributed by atoms with E-state index in [2.05, 4.69) is 10.1 Å². The van der Waals surface area contributed by atoms with Crippen LogP contribution in [0.25, 0.3) is 0 Å². The summed E-state index contributed by atoms with van der Waals surface area (Å²) in [6.07, 6.45) is 4.63. The maximum atomic E-state index is 11.0. The average molecular weight is 278 g/mol. The summed E-state index contributed by atoms with van der Waals surface area (Å²) in [7, 11) is 0. The lowest BCUT2D eigenvalue weighted by molar-refractivity contribution is -0.389. The van der Waals surface area contributed by atoms with E-state index in [1.54, 1.807) is 0 Å². The first-order valence-corrected chi connectivity index (χ1v) is 6.98. The van der Waals surface area contributed by atoms with Gasteiger partial charge in [-0.15, -0.1) is 0 Å². The van der Waals surface area contributed by atoms with E-state index in [0.717, 1.165) is 25.0 Å². The van der Waals surface area contributed by atoms with Crippen LogP contribution in [0.2, 0.25) is 0 Å². The predicted molar refractivity (Wildman–Crippen MR) is 72.1 cm³/mol. The molecule has 1 aromatic heterocycles. The van der Waals surface area contributed by atoms with Crippen LogP contribution in [0.5, 0.6) is 0 Å². The first kappa shape index (κ1) is 13.1. The van der Waals surface area contributed by atoms with Crippen LogP contribution in [0.4, 0.5) is 5.82 Å². The molecule has 108 valence electrons. The van der Waals surface area contributed by atoms with Crippen LogP contribution in [-0.2, 0) is 0 Å². The Balaban J connectivity index is 2.07. The van der Waals surface area contributed by atoms with Crippen molar-refractivity contribution in [3.05, 3.63) is 22.1 Å². The van der Waals surface area contributed by atoms with Crippen LogP contribution in [0, 0.1) is 22.0 Å². The molecule has 7 heteroatoms. The fourth-order valence-electron chi connectivity index (χ4n) is 3.70. The summed E-state index contributed by atoms with van der Waals surface area (Å²) in [5, 5.41) is 23.7. The van der Waals surface area contributed by atoms with Gasteiger partial charge in [-0.05, 0) is 35.1 Å². The number of nitro groups is 1. The third-order valence-corrected chi connectivity index (χ3v) is 4.51. The minimum absolute atomic E-state index is 0.0719. The molecule has 2 saturated carbocycles. The molecule has 1 heterocycles. The standard InChI is InChI=1S/C13H18N4O3/c1-7(2)13-14-10(17(19)20)6-16(13)12-9-4-3-8(5-9)11(12)15-18/h6-9,12,18H,3-5H2,1-2H3/b15-11-/t8-,9-,12-/m0/s1. The average Bonchev–Trinajstić information content (AvgIpc) is 3.10. The maximum absolute atomic E-state index is 11.0. The molecule has 20 heavy (non-hydrogen) atoms. The molecule has 3 atom stereocenters. The molecule has 0 amide bonds. The lowest BCUT2D eigenvalue weighted by Gasteiger charge is -2.24. The zero-order chi connectivity index (χ0) is 14.4. The molecule has 0 saturated heterocycles. The van der Waals surface area contributed by atoms with Crippen molar-refractivity contribution in [2.24, 2.45) is 17.0 Å². The quantitative estimate of drug-likeness (QED) is 0.522. The SMILES string of the molecule is CC(C)c1nc([N+](=O)[O-])cn1[C@@H]1/C(=N\O)[C@H]2CC[C@H]1C2. The second-order valence-corrected chi connectivity index (χ2v) is 6.02. The van der Waals surface area contributed by atoms with Crippen molar-refractivity contribution in [1.82, 2.24) is 9.55 Å². The Morgan fingerprint density at radius 1 is 1.55 bits per heavy atom. The van der Waals surface area contributed by atoms with E-state index in [0.29, 0.717) is 17.7 Å². The largest absolute Gasteiger partial charge is 0.411 e. The Morgan fingerprint density at radius 2 is 2.30 bits per heavy atom. The number of imidazole rings is 1. The number of hydrogen-bond donors (Lipinski definition) is 1. The van der Waals surface area contributed by atoms with Crippen LogP contribution in [0.1, 0.15) is 50.9 Å². The number of hydrogen-bond acceptors (Lipinski definition) is 5. The molecule has 0 aromatic carbocycles. The van der Waals surface area contributed by atoms with E-state index >= 15 is 0 Å². The van der Waals surface area contributed by atoms with Gasteiger partial charge in [0.1, 0.15) is 6.20 Å². The van der Waals surface area contributed by atoms with Crippen molar-refractivity contribution in [3.63, 3.8) is 0 Å². The number of aromatic nitrogens is 2. The Bertz CT molecular complexity index is 578. The van der Waals surface area contributed by atoms with Gasteiger partial charge in [-0.2, -0.15) is 0 Å². The van der Waals surface area contributed by atoms with Gasteiger partial charge in [-0.25, -0.2) is 0 Å². The van der Waals surface area contributed by atoms with Gasteiger partial charge in [0.05, 0.1) is 11.8 Å². The Labute approximate surface area is 116 Å². The van der Waals surface area contributed by atoms with Gasteiger partial charge < -0.3 is 15.3 Å². The molecular formula is C13H18N4O3. The van der Waals surface area contributed by atoms with E-state index in [4.69, 9.17) is 0 Å². The predicted octanol–water partition coefficient (Wildman–Crippen LogP) is 2.72. The summed E-state index contributed by atoms with van der Waals surface area (Å²) >= 11 is 0. The fraction of sp³-hybridized carbons (Fsp3) is 0.692. The summed E-state index contributed by atoms with van der Waals surface area (Å²) in [6, 6.07) is -0.0719. The maximum Gasteiger partial charge on any atom is 0.381 e. The third-order valence-electron chi connectivity index (χ3n) is 4.51. The smallest absolute Gasteiger partial charge is 0.381 e. The lowest BCUT2D eigenvalue weighted by atomic mass is 9.92. The Hall–Kier alpha value is -1.92. The van der Waals surface area contributed by atoms with Gasteiger partial charge in [-0.3, -0.25) is 4.57 Å². The second-order valence-electron chi connectivity index (χ2n) is 6.02. The van der Waals surface area contributed by atoms with Gasteiger partial charge >= 0.3 is 5.82 Å². The Morgan fingerprint density at radius 3 is 2.90 bits per heavy atom. The molecule has 2 aliphatic carbocycles. The van der Waals surface area contributed by atoms with Crippen molar-refractivity contribution in [1.29, 1.82) is 0 Å². The monoisotopic (exact) mass is 278 g/mol. The summed E-state index contributed by atoms with van der Waals surface area (Å²) in [5.74, 6) is 1.36. The summed E-state index contributed by atoms with van der Waals surface area (Å²) in [5.41, 5.74) is 0.760. The minimum atomic E-state index is -0.467. The molecule has 3 rings (SSSR count). The van der Waals surface area contributed by atoms with E-state index in [1.165, 1.54) is 6.20 Å². The van der Waals surface area contributed by atoms with Gasteiger partial charge in [0.25, 0.3) is 0 Å². The van der Waals surface area contributed by atoms with Crippen LogP contribution in [0.3, 0.4) is 0 Å². The highest BCUT2D eigenvalue weighted by Crippen LogP contribution is 2.49. The van der Waals surface area contributed by atoms with Crippen LogP contribution in [-0.4, -0.2) is 25.4 Å². The molecule has 0 radical (unpaired) electrons. The first-order chi connectivity index (χ1) is 9.52. The van der Waals surface area contributed by atoms with Crippen molar-refractivity contribution < 1.29 is 10.1 Å². The molecular weight excluding hydrogens is 260 g/mol. The van der Waals surface area contributed by atoms with Crippen LogP contribution < -0.4 is 0 Å². The molecule has 0 spiro atoms. The van der Waals surface area contributed by atoms with Gasteiger partial charge in [0.15, 0.2) is 0 Å². The highest BCUT2D eigenvalue weighted by molar-refractivity contribution is 5.93.